The molecule has 3 aliphatic carbocycles. The zero-order valence-corrected chi connectivity index (χ0v) is 16.8. The second kappa shape index (κ2) is 6.65. The molecule has 0 heterocycles. The average Bonchev–Trinajstić information content (AvgIpc) is 2.93. The van der Waals surface area contributed by atoms with Crippen molar-refractivity contribution < 1.29 is 19.1 Å². The van der Waals surface area contributed by atoms with Gasteiger partial charge in [-0.1, -0.05) is 13.0 Å². The van der Waals surface area contributed by atoms with Crippen LogP contribution in [-0.4, -0.2) is 18.0 Å². The number of benzene rings is 1. The third kappa shape index (κ3) is 2.97. The fourth-order valence-corrected chi connectivity index (χ4v) is 6.44. The zero-order valence-electron chi connectivity index (χ0n) is 16.8. The summed E-state index contributed by atoms with van der Waals surface area (Å²) in [5, 5.41) is 0. The summed E-state index contributed by atoms with van der Waals surface area (Å²) in [6, 6.07) is 4.05. The number of hydrogen-bond acceptors (Lipinski definition) is 4. The van der Waals surface area contributed by atoms with Crippen LogP contribution in [0.1, 0.15) is 75.5 Å². The molecule has 0 aromatic heterocycles. The molecule has 0 bridgehead atoms. The largest absolute Gasteiger partial charge is 0.462 e. The summed E-state index contributed by atoms with van der Waals surface area (Å²) in [4.78, 5) is 23.2. The summed E-state index contributed by atoms with van der Waals surface area (Å²) >= 11 is 0. The normalized spacial score (nSPS) is 34.2. The maximum absolute atomic E-state index is 11.7. The van der Waals surface area contributed by atoms with E-state index in [2.05, 4.69) is 19.9 Å². The summed E-state index contributed by atoms with van der Waals surface area (Å²) in [6.07, 6.45) is 6.50. The van der Waals surface area contributed by atoms with Crippen LogP contribution >= 0.6 is 0 Å². The molecule has 0 spiro atoms. The third-order valence-corrected chi connectivity index (χ3v) is 7.56. The Bertz CT molecular complexity index is 783. The molecule has 4 nitrogen and oxygen atoms in total. The number of rotatable bonds is 2. The molecule has 0 aliphatic heterocycles. The van der Waals surface area contributed by atoms with Gasteiger partial charge in [-0.2, -0.15) is 0 Å². The van der Waals surface area contributed by atoms with Gasteiger partial charge in [-0.3, -0.25) is 9.59 Å². The second-order valence-corrected chi connectivity index (χ2v) is 9.00. The van der Waals surface area contributed by atoms with Gasteiger partial charge in [0.05, 0.1) is 0 Å². The van der Waals surface area contributed by atoms with E-state index in [1.54, 1.807) is 0 Å². The zero-order chi connectivity index (χ0) is 19.3. The Morgan fingerprint density at radius 1 is 1.07 bits per heavy atom. The monoisotopic (exact) mass is 370 g/mol. The maximum Gasteiger partial charge on any atom is 0.308 e. The molecule has 146 valence electrons. The summed E-state index contributed by atoms with van der Waals surface area (Å²) in [5.74, 6) is 1.94. The van der Waals surface area contributed by atoms with Crippen molar-refractivity contribution in [3.05, 3.63) is 28.8 Å². The smallest absolute Gasteiger partial charge is 0.308 e. The van der Waals surface area contributed by atoms with E-state index in [-0.39, 0.29) is 23.5 Å². The number of esters is 2. The standard InChI is InChI=1S/C23H30O4/c1-13-5-9-20(26-14(2)24)22-16(13)6-7-17-18(22)11-12-23(4)19(17)8-10-21(23)27-15(3)25/h5,9,17-19,21H,6-8,10-12H2,1-4H3/t17-,18+,19+,21?,23+/m1/s1. The Balaban J connectivity index is 1.69. The Kier molecular flexibility index (Phi) is 4.56. The number of hydrogen-bond donors (Lipinski definition) is 0. The second-order valence-electron chi connectivity index (χ2n) is 9.00. The minimum atomic E-state index is -0.250. The molecular weight excluding hydrogens is 340 g/mol. The Morgan fingerprint density at radius 3 is 2.56 bits per heavy atom. The fourth-order valence-electron chi connectivity index (χ4n) is 6.44. The number of fused-ring (bicyclic) bond motifs is 5. The van der Waals surface area contributed by atoms with Crippen molar-refractivity contribution in [3.63, 3.8) is 0 Å². The van der Waals surface area contributed by atoms with Crippen LogP contribution in [0.3, 0.4) is 0 Å². The molecule has 2 saturated carbocycles. The van der Waals surface area contributed by atoms with Crippen molar-refractivity contribution in [2.45, 2.75) is 78.2 Å². The van der Waals surface area contributed by atoms with Crippen LogP contribution in [0.5, 0.6) is 5.75 Å². The van der Waals surface area contributed by atoms with Crippen LogP contribution in [0.25, 0.3) is 0 Å². The molecule has 0 amide bonds. The highest BCUT2D eigenvalue weighted by Crippen LogP contribution is 2.62. The van der Waals surface area contributed by atoms with Gasteiger partial charge in [0.25, 0.3) is 0 Å². The van der Waals surface area contributed by atoms with Gasteiger partial charge in [-0.05, 0) is 80.4 Å². The molecule has 4 heteroatoms. The quantitative estimate of drug-likeness (QED) is 0.559. The topological polar surface area (TPSA) is 52.6 Å². The van der Waals surface area contributed by atoms with Crippen molar-refractivity contribution in [3.8, 4) is 5.75 Å². The van der Waals surface area contributed by atoms with E-state index in [4.69, 9.17) is 9.47 Å². The number of carbonyl (C=O) groups excluding carboxylic acids is 2. The lowest BCUT2D eigenvalue weighted by Crippen LogP contribution is -2.45. The molecule has 1 unspecified atom stereocenters. The van der Waals surface area contributed by atoms with E-state index < -0.39 is 0 Å². The average molecular weight is 370 g/mol. The van der Waals surface area contributed by atoms with Crippen LogP contribution in [0.2, 0.25) is 0 Å². The number of carbonyl (C=O) groups is 2. The number of ether oxygens (including phenoxy) is 2. The molecule has 2 fully saturated rings. The third-order valence-electron chi connectivity index (χ3n) is 7.56. The molecular formula is C23H30O4. The van der Waals surface area contributed by atoms with Gasteiger partial charge in [0, 0.05) is 24.8 Å². The van der Waals surface area contributed by atoms with Gasteiger partial charge < -0.3 is 9.47 Å². The summed E-state index contributed by atoms with van der Waals surface area (Å²) in [5.41, 5.74) is 4.04. The minimum Gasteiger partial charge on any atom is -0.462 e. The lowest BCUT2D eigenvalue weighted by molar-refractivity contribution is -0.154. The lowest BCUT2D eigenvalue weighted by Gasteiger charge is -2.50. The molecule has 0 saturated heterocycles. The van der Waals surface area contributed by atoms with Crippen LogP contribution in [0.4, 0.5) is 0 Å². The van der Waals surface area contributed by atoms with Crippen molar-refractivity contribution in [2.75, 3.05) is 0 Å². The van der Waals surface area contributed by atoms with Crippen LogP contribution < -0.4 is 4.74 Å². The van der Waals surface area contributed by atoms with E-state index in [9.17, 15) is 9.59 Å². The van der Waals surface area contributed by atoms with Gasteiger partial charge in [0.1, 0.15) is 11.9 Å². The molecule has 0 radical (unpaired) electrons. The van der Waals surface area contributed by atoms with Crippen molar-refractivity contribution in [1.29, 1.82) is 0 Å². The van der Waals surface area contributed by atoms with E-state index >= 15 is 0 Å². The van der Waals surface area contributed by atoms with Crippen LogP contribution in [0, 0.1) is 24.2 Å². The van der Waals surface area contributed by atoms with Crippen LogP contribution in [0.15, 0.2) is 12.1 Å². The lowest BCUT2D eigenvalue weighted by atomic mass is 9.55. The minimum absolute atomic E-state index is 0.0489. The molecule has 5 atom stereocenters. The highest BCUT2D eigenvalue weighted by Gasteiger charge is 2.56. The highest BCUT2D eigenvalue weighted by atomic mass is 16.5. The predicted octanol–water partition coefficient (Wildman–Crippen LogP) is 4.71. The summed E-state index contributed by atoms with van der Waals surface area (Å²) in [6.45, 7) is 7.49. The highest BCUT2D eigenvalue weighted by molar-refractivity contribution is 5.70. The van der Waals surface area contributed by atoms with Gasteiger partial charge in [-0.25, -0.2) is 0 Å². The predicted molar refractivity (Wildman–Crippen MR) is 103 cm³/mol. The SMILES string of the molecule is CC(=O)Oc1ccc(C)c2c1[C@H]1CC[C@]3(C)C(OC(C)=O)CC[C@H]3[C@@H]1CC2. The van der Waals surface area contributed by atoms with Gasteiger partial charge in [-0.15, -0.1) is 0 Å². The number of aryl methyl sites for hydroxylation is 1. The molecule has 3 aliphatic rings. The maximum atomic E-state index is 11.7. The molecule has 4 rings (SSSR count). The molecule has 27 heavy (non-hydrogen) atoms. The fraction of sp³-hybridized carbons (Fsp3) is 0.652. The van der Waals surface area contributed by atoms with Crippen LogP contribution in [-0.2, 0) is 20.7 Å². The van der Waals surface area contributed by atoms with E-state index in [0.29, 0.717) is 17.8 Å². The molecule has 1 aromatic carbocycles. The van der Waals surface area contributed by atoms with E-state index in [1.165, 1.54) is 37.0 Å². The van der Waals surface area contributed by atoms with Gasteiger partial charge >= 0.3 is 11.9 Å². The van der Waals surface area contributed by atoms with E-state index in [0.717, 1.165) is 37.9 Å². The molecule has 1 aromatic rings. The summed E-state index contributed by atoms with van der Waals surface area (Å²) in [7, 11) is 0. The Labute approximate surface area is 161 Å². The van der Waals surface area contributed by atoms with Crippen molar-refractivity contribution in [1.82, 2.24) is 0 Å². The first-order valence-corrected chi connectivity index (χ1v) is 10.3. The summed E-state index contributed by atoms with van der Waals surface area (Å²) < 4.78 is 11.3. The van der Waals surface area contributed by atoms with Crippen molar-refractivity contribution in [2.24, 2.45) is 17.3 Å². The first-order chi connectivity index (χ1) is 12.8. The first kappa shape index (κ1) is 18.5. The Hall–Kier alpha value is -1.84. The van der Waals surface area contributed by atoms with Gasteiger partial charge in [0.15, 0.2) is 0 Å². The van der Waals surface area contributed by atoms with Gasteiger partial charge in [0.2, 0.25) is 0 Å². The first-order valence-electron chi connectivity index (χ1n) is 10.3. The Morgan fingerprint density at radius 2 is 1.85 bits per heavy atom. The van der Waals surface area contributed by atoms with Crippen molar-refractivity contribution >= 4 is 11.9 Å². The van der Waals surface area contributed by atoms with E-state index in [1.807, 2.05) is 6.07 Å². The molecule has 0 N–H and O–H groups in total.